The fourth-order valence-corrected chi connectivity index (χ4v) is 2.54. The maximum absolute atomic E-state index is 13.7. The van der Waals surface area contributed by atoms with E-state index < -0.39 is 11.6 Å². The molecule has 0 spiro atoms. The molecule has 2 aromatic carbocycles. The molecule has 0 saturated carbocycles. The van der Waals surface area contributed by atoms with E-state index in [4.69, 9.17) is 23.2 Å². The smallest absolute Gasteiger partial charge is 0.198 e. The zero-order valence-electron chi connectivity index (χ0n) is 8.88. The molecular weight excluding hydrogens is 342 g/mol. The molecule has 0 unspecified atom stereocenters. The van der Waals surface area contributed by atoms with Crippen molar-refractivity contribution in [2.45, 2.75) is 0 Å². The summed E-state index contributed by atoms with van der Waals surface area (Å²) < 4.78 is 14.1. The van der Waals surface area contributed by atoms with E-state index in [0.717, 1.165) is 0 Å². The van der Waals surface area contributed by atoms with Crippen molar-refractivity contribution < 1.29 is 9.18 Å². The van der Waals surface area contributed by atoms with E-state index in [9.17, 15) is 9.18 Å². The van der Waals surface area contributed by atoms with E-state index in [1.807, 2.05) is 0 Å². The minimum atomic E-state index is -0.597. The van der Waals surface area contributed by atoms with Crippen LogP contribution in [-0.4, -0.2) is 5.78 Å². The minimum Gasteiger partial charge on any atom is -0.288 e. The molecule has 18 heavy (non-hydrogen) atoms. The average molecular weight is 348 g/mol. The lowest BCUT2D eigenvalue weighted by atomic mass is 10.0. The quantitative estimate of drug-likeness (QED) is 0.688. The van der Waals surface area contributed by atoms with Gasteiger partial charge in [-0.15, -0.1) is 0 Å². The number of halogens is 4. The normalized spacial score (nSPS) is 10.4. The summed E-state index contributed by atoms with van der Waals surface area (Å²) in [5, 5.41) is 0.617. The lowest BCUT2D eigenvalue weighted by Crippen LogP contribution is -2.06. The number of carbonyl (C=O) groups excluding carboxylic acids is 1. The number of hydrogen-bond donors (Lipinski definition) is 0. The van der Waals surface area contributed by atoms with E-state index >= 15 is 0 Å². The highest BCUT2D eigenvalue weighted by molar-refractivity contribution is 9.10. The second-order valence-electron chi connectivity index (χ2n) is 3.55. The van der Waals surface area contributed by atoms with Crippen molar-refractivity contribution in [1.29, 1.82) is 0 Å². The van der Waals surface area contributed by atoms with E-state index in [1.165, 1.54) is 30.3 Å². The summed E-state index contributed by atoms with van der Waals surface area (Å²) in [6.07, 6.45) is 0. The van der Waals surface area contributed by atoms with Crippen LogP contribution in [-0.2, 0) is 0 Å². The molecule has 0 aliphatic rings. The van der Waals surface area contributed by atoms with Gasteiger partial charge in [-0.05, 0) is 46.3 Å². The van der Waals surface area contributed by atoms with Crippen LogP contribution in [0.25, 0.3) is 0 Å². The molecule has 0 N–H and O–H groups in total. The van der Waals surface area contributed by atoms with Gasteiger partial charge in [0.05, 0.1) is 10.6 Å². The van der Waals surface area contributed by atoms with Crippen molar-refractivity contribution in [2.75, 3.05) is 0 Å². The highest BCUT2D eigenvalue weighted by atomic mass is 79.9. The summed E-state index contributed by atoms with van der Waals surface area (Å²) in [6, 6.07) is 8.80. The van der Waals surface area contributed by atoms with Crippen LogP contribution in [0.2, 0.25) is 10.0 Å². The molecule has 0 aliphatic carbocycles. The van der Waals surface area contributed by atoms with Gasteiger partial charge in [-0.3, -0.25) is 4.79 Å². The van der Waals surface area contributed by atoms with Gasteiger partial charge in [0.2, 0.25) is 0 Å². The minimum absolute atomic E-state index is 0.0401. The fourth-order valence-electron chi connectivity index (χ4n) is 1.52. The third-order valence-corrected chi connectivity index (χ3v) is 3.57. The van der Waals surface area contributed by atoms with Crippen molar-refractivity contribution in [3.8, 4) is 0 Å². The summed E-state index contributed by atoms with van der Waals surface area (Å²) in [6.45, 7) is 0. The number of benzene rings is 2. The molecule has 0 saturated heterocycles. The Morgan fingerprint density at radius 2 is 1.89 bits per heavy atom. The molecule has 1 nitrogen and oxygen atoms in total. The topological polar surface area (TPSA) is 17.1 Å². The second kappa shape index (κ2) is 5.39. The van der Waals surface area contributed by atoms with Gasteiger partial charge in [0.1, 0.15) is 5.82 Å². The van der Waals surface area contributed by atoms with Gasteiger partial charge < -0.3 is 0 Å². The first-order chi connectivity index (χ1) is 8.50. The Morgan fingerprint density at radius 3 is 2.50 bits per heavy atom. The molecule has 0 heterocycles. The number of ketones is 1. The first-order valence-electron chi connectivity index (χ1n) is 4.94. The molecule has 0 aromatic heterocycles. The van der Waals surface area contributed by atoms with Crippen LogP contribution in [0.3, 0.4) is 0 Å². The molecule has 2 rings (SSSR count). The maximum Gasteiger partial charge on any atom is 0.198 e. The Morgan fingerprint density at radius 1 is 1.17 bits per heavy atom. The highest BCUT2D eigenvalue weighted by Gasteiger charge is 2.19. The van der Waals surface area contributed by atoms with Crippen molar-refractivity contribution in [3.63, 3.8) is 0 Å². The van der Waals surface area contributed by atoms with E-state index in [2.05, 4.69) is 15.9 Å². The largest absolute Gasteiger partial charge is 0.288 e. The monoisotopic (exact) mass is 346 g/mol. The van der Waals surface area contributed by atoms with Crippen molar-refractivity contribution >= 4 is 44.9 Å². The third kappa shape index (κ3) is 2.58. The Balaban J connectivity index is 2.55. The number of hydrogen-bond acceptors (Lipinski definition) is 1. The Labute approximate surface area is 122 Å². The molecule has 0 atom stereocenters. The van der Waals surface area contributed by atoms with Gasteiger partial charge >= 0.3 is 0 Å². The molecule has 2 aromatic rings. The fraction of sp³-hybridized carbons (Fsp3) is 0. The van der Waals surface area contributed by atoms with Crippen LogP contribution in [0.4, 0.5) is 4.39 Å². The van der Waals surface area contributed by atoms with Gasteiger partial charge in [0.15, 0.2) is 5.78 Å². The summed E-state index contributed by atoms with van der Waals surface area (Å²) in [4.78, 5) is 12.2. The van der Waals surface area contributed by atoms with Crippen LogP contribution in [0.5, 0.6) is 0 Å². The lowest BCUT2D eigenvalue weighted by Gasteiger charge is -2.07. The summed E-state index contributed by atoms with van der Waals surface area (Å²) >= 11 is 14.8. The van der Waals surface area contributed by atoms with Crippen LogP contribution in [0.15, 0.2) is 40.9 Å². The van der Waals surface area contributed by atoms with Gasteiger partial charge in [0.25, 0.3) is 0 Å². The van der Waals surface area contributed by atoms with Crippen molar-refractivity contribution in [2.24, 2.45) is 0 Å². The van der Waals surface area contributed by atoms with Crippen LogP contribution < -0.4 is 0 Å². The zero-order chi connectivity index (χ0) is 13.3. The van der Waals surface area contributed by atoms with Crippen molar-refractivity contribution in [1.82, 2.24) is 0 Å². The third-order valence-electron chi connectivity index (χ3n) is 2.37. The van der Waals surface area contributed by atoms with E-state index in [0.29, 0.717) is 9.50 Å². The summed E-state index contributed by atoms with van der Waals surface area (Å²) in [5.74, 6) is -1.08. The second-order valence-corrected chi connectivity index (χ2v) is 5.25. The summed E-state index contributed by atoms with van der Waals surface area (Å²) in [5.41, 5.74) is 0.175. The maximum atomic E-state index is 13.7. The molecule has 5 heteroatoms. The molecule has 0 amide bonds. The van der Waals surface area contributed by atoms with Gasteiger partial charge in [-0.2, -0.15) is 0 Å². The van der Waals surface area contributed by atoms with Crippen LogP contribution in [0.1, 0.15) is 15.9 Å². The number of rotatable bonds is 2. The van der Waals surface area contributed by atoms with E-state index in [1.54, 1.807) is 6.07 Å². The molecule has 0 radical (unpaired) electrons. The molecule has 92 valence electrons. The van der Waals surface area contributed by atoms with Gasteiger partial charge in [-0.25, -0.2) is 4.39 Å². The predicted molar refractivity (Wildman–Crippen MR) is 74.0 cm³/mol. The Hall–Kier alpha value is -0.900. The first kappa shape index (κ1) is 13.5. The van der Waals surface area contributed by atoms with Crippen molar-refractivity contribution in [3.05, 3.63) is 67.9 Å². The standard InChI is InChI=1S/C13H6BrCl2FO/c14-9-2-1-3-11(17)12(9)13(18)8-5-4-7(15)6-10(8)16/h1-6H. The zero-order valence-corrected chi connectivity index (χ0v) is 12.0. The Bertz CT molecular complexity index is 608. The Kier molecular flexibility index (Phi) is 4.05. The first-order valence-corrected chi connectivity index (χ1v) is 6.49. The lowest BCUT2D eigenvalue weighted by molar-refractivity contribution is 0.103. The van der Waals surface area contributed by atoms with Gasteiger partial charge in [0, 0.05) is 15.1 Å². The molecule has 0 aliphatic heterocycles. The van der Waals surface area contributed by atoms with Gasteiger partial charge in [-0.1, -0.05) is 29.3 Å². The number of carbonyl (C=O) groups is 1. The van der Waals surface area contributed by atoms with Crippen LogP contribution in [0, 0.1) is 5.82 Å². The highest BCUT2D eigenvalue weighted by Crippen LogP contribution is 2.27. The molecule has 0 fully saturated rings. The molecule has 0 bridgehead atoms. The molecular formula is C13H6BrCl2FO. The SMILES string of the molecule is O=C(c1ccc(Cl)cc1Cl)c1c(F)cccc1Br. The average Bonchev–Trinajstić information content (AvgIpc) is 2.28. The summed E-state index contributed by atoms with van der Waals surface area (Å²) in [7, 11) is 0. The predicted octanol–water partition coefficient (Wildman–Crippen LogP) is 5.13. The van der Waals surface area contributed by atoms with E-state index in [-0.39, 0.29) is 16.1 Å². The van der Waals surface area contributed by atoms with Crippen LogP contribution >= 0.6 is 39.1 Å².